The third-order valence-electron chi connectivity index (χ3n) is 3.48. The molecule has 1 aliphatic rings. The average Bonchev–Trinajstić information content (AvgIpc) is 2.83. The summed E-state index contributed by atoms with van der Waals surface area (Å²) in [6.07, 6.45) is 1.63. The summed E-state index contributed by atoms with van der Waals surface area (Å²) in [6.45, 7) is 2.03. The Kier molecular flexibility index (Phi) is 5.61. The molecule has 3 rings (SSSR count). The van der Waals surface area contributed by atoms with E-state index in [0.29, 0.717) is 5.65 Å². The van der Waals surface area contributed by atoms with Crippen LogP contribution >= 0.6 is 19.6 Å². The molecule has 0 saturated carbocycles. The van der Waals surface area contributed by atoms with Crippen molar-refractivity contribution in [2.45, 2.75) is 6.29 Å². The minimum absolute atomic E-state index is 0.00204. The number of pyridine rings is 1. The molecule has 0 aromatic carbocycles. The van der Waals surface area contributed by atoms with Gasteiger partial charge >= 0.3 is 38.6 Å². The summed E-state index contributed by atoms with van der Waals surface area (Å²) in [5.41, 5.74) is 1.24. The van der Waals surface area contributed by atoms with E-state index >= 15 is 0 Å². The van der Waals surface area contributed by atoms with Crippen LogP contribution in [0.25, 0.3) is 11.2 Å². The van der Waals surface area contributed by atoms with E-state index in [4.69, 9.17) is 0 Å². The van der Waals surface area contributed by atoms with Crippen molar-refractivity contribution >= 4 is 30.7 Å². The summed E-state index contributed by atoms with van der Waals surface area (Å²) in [5.74, 6) is 2.25. The second kappa shape index (κ2) is 6.90. The van der Waals surface area contributed by atoms with Crippen LogP contribution in [0.5, 0.6) is 0 Å². The fourth-order valence-electron chi connectivity index (χ4n) is 2.64. The van der Waals surface area contributed by atoms with Crippen LogP contribution in [-0.2, 0) is 0 Å². The van der Waals surface area contributed by atoms with Crippen LogP contribution in [0.15, 0.2) is 18.3 Å². The van der Waals surface area contributed by atoms with Crippen LogP contribution < -0.4 is 4.54 Å². The quantitative estimate of drug-likeness (QED) is 0.448. The number of fused-ring (bicyclic) bond motifs is 1. The van der Waals surface area contributed by atoms with Gasteiger partial charge in [0.25, 0.3) is 0 Å². The van der Waals surface area contributed by atoms with Gasteiger partial charge in [-0.05, 0) is 26.2 Å². The Bertz CT molecular complexity index is 836. The fourth-order valence-corrected chi connectivity index (χ4v) is 3.57. The van der Waals surface area contributed by atoms with Gasteiger partial charge in [-0.25, -0.2) is 0 Å². The second-order valence-electron chi connectivity index (χ2n) is 6.03. The van der Waals surface area contributed by atoms with Crippen molar-refractivity contribution in [2.24, 2.45) is 0 Å². The molecule has 7 nitrogen and oxygen atoms in total. The Morgan fingerprint density at radius 3 is 2.30 bits per heavy atom. The van der Waals surface area contributed by atoms with Crippen LogP contribution in [-0.4, -0.2) is 63.4 Å². The Hall–Kier alpha value is -1.37. The molecule has 3 heterocycles. The Morgan fingerprint density at radius 1 is 1.22 bits per heavy atom. The topological polar surface area (TPSA) is 63.1 Å². The van der Waals surface area contributed by atoms with E-state index < -0.39 is 7.81 Å². The maximum absolute atomic E-state index is 11.9. The molecule has 1 N–H and O–H groups in total. The van der Waals surface area contributed by atoms with E-state index in [2.05, 4.69) is 20.0 Å². The number of aromatic amines is 1. The zero-order valence-electron chi connectivity index (χ0n) is 14.4. The normalized spacial score (nSPS) is 19.9. The number of hydrogen-bond acceptors (Lipinski definition) is 5. The van der Waals surface area contributed by atoms with Crippen LogP contribution in [0, 0.1) is 4.91 Å². The third-order valence-corrected chi connectivity index (χ3v) is 4.42. The van der Waals surface area contributed by atoms with Gasteiger partial charge in [-0.1, -0.05) is 10.1 Å². The van der Waals surface area contributed by atoms with Crippen LogP contribution in [0.4, 0.5) is 25.2 Å². The Labute approximate surface area is 154 Å². The van der Waals surface area contributed by atoms with Gasteiger partial charge in [0.1, 0.15) is 6.20 Å². The predicted octanol–water partition coefficient (Wildman–Crippen LogP) is 3.73. The molecule has 0 amide bonds. The Balaban J connectivity index is 0.000000321. The molecule has 1 unspecified atom stereocenters. The molecule has 2 aromatic heterocycles. The number of halogens is 6. The van der Waals surface area contributed by atoms with Crippen molar-refractivity contribution < 1.29 is 29.7 Å². The Morgan fingerprint density at radius 2 is 1.78 bits per heavy atom. The summed E-state index contributed by atoms with van der Waals surface area (Å²) in [4.78, 5) is 20.6. The van der Waals surface area contributed by atoms with Gasteiger partial charge in [0.05, 0.1) is 4.54 Å². The molecule has 0 spiro atoms. The first-order valence-corrected chi connectivity index (χ1v) is 10.8. The summed E-state index contributed by atoms with van der Waals surface area (Å²) in [5, 5.41) is 2.86. The van der Waals surface area contributed by atoms with E-state index in [1.807, 2.05) is 42.7 Å². The fraction of sp³-hybridized carbons (Fsp3) is 0.583. The van der Waals surface area contributed by atoms with Gasteiger partial charge in [0.15, 0.2) is 0 Å². The van der Waals surface area contributed by atoms with Crippen molar-refractivity contribution in [3.05, 3.63) is 23.2 Å². The van der Waals surface area contributed by atoms with E-state index in [1.165, 1.54) is 0 Å². The minimum atomic E-state index is -10.7. The zero-order valence-corrected chi connectivity index (χ0v) is 16.1. The van der Waals surface area contributed by atoms with Crippen molar-refractivity contribution in [3.63, 3.8) is 0 Å². The number of hydrogen-bond donors (Lipinski definition) is 1. The molecule has 1 fully saturated rings. The maximum atomic E-state index is 11.9. The van der Waals surface area contributed by atoms with Gasteiger partial charge in [-0.3, -0.25) is 9.80 Å². The van der Waals surface area contributed by atoms with Crippen LogP contribution in [0.1, 0.15) is 6.29 Å². The molecule has 1 atom stereocenters. The van der Waals surface area contributed by atoms with Gasteiger partial charge in [0, 0.05) is 24.6 Å². The van der Waals surface area contributed by atoms with Gasteiger partial charge in [-0.15, -0.1) is 4.98 Å². The standard InChI is InChI=1S/C12H19N6OS.F6P/c1-15(2)12(16-6-8-20-9-7-16)17-10-4-3-5-13-11(10)18(19)14-17;1-7(2,3,4,5)6/h3-5,12H,6-9H2,1-2H3,(H,14,19);/q+1;-1. The number of thioether (sulfide) groups is 1. The van der Waals surface area contributed by atoms with Gasteiger partial charge < -0.3 is 0 Å². The predicted molar refractivity (Wildman–Crippen MR) is 92.6 cm³/mol. The zero-order chi connectivity index (χ0) is 20.5. The first kappa shape index (κ1) is 21.9. The van der Waals surface area contributed by atoms with E-state index in [-0.39, 0.29) is 6.29 Å². The molecule has 0 aliphatic carbocycles. The van der Waals surface area contributed by atoms with E-state index in [9.17, 15) is 30.1 Å². The summed E-state index contributed by atoms with van der Waals surface area (Å²) in [6, 6.07) is 3.77. The number of rotatable bonds is 3. The third kappa shape index (κ3) is 7.28. The number of nitrogens with zero attached hydrogens (tertiary/aromatic N) is 5. The molecule has 0 radical (unpaired) electrons. The SMILES string of the molecule is CN(C)C(N1CCSCC1)n1[nH][n+](=O)c2ncccc21.F[P-](F)(F)(F)(F)F. The molecule has 0 bridgehead atoms. The molecule has 27 heavy (non-hydrogen) atoms. The number of nitrogens with one attached hydrogen (secondary N) is 1. The first-order valence-electron chi connectivity index (χ1n) is 7.66. The van der Waals surface area contributed by atoms with Gasteiger partial charge in [-0.2, -0.15) is 16.4 Å². The molecule has 2 aromatic rings. The summed E-state index contributed by atoms with van der Waals surface area (Å²) < 4.78 is 61.8. The molecular weight excluding hydrogens is 421 g/mol. The monoisotopic (exact) mass is 440 g/mol. The summed E-state index contributed by atoms with van der Waals surface area (Å²) in [7, 11) is -6.61. The van der Waals surface area contributed by atoms with Crippen molar-refractivity contribution in [1.82, 2.24) is 24.7 Å². The number of H-pyrrole nitrogens is 1. The van der Waals surface area contributed by atoms with Crippen molar-refractivity contribution in [3.8, 4) is 0 Å². The first-order chi connectivity index (χ1) is 12.1. The van der Waals surface area contributed by atoms with Crippen LogP contribution in [0.2, 0.25) is 0 Å². The molecular formula is C12H19F6N6OPS. The molecule has 1 aliphatic heterocycles. The van der Waals surface area contributed by atoms with Gasteiger partial charge in [0.2, 0.25) is 11.8 Å². The molecule has 156 valence electrons. The average molecular weight is 440 g/mol. The van der Waals surface area contributed by atoms with E-state index in [1.54, 1.807) is 6.20 Å². The number of aromatic nitrogens is 4. The summed E-state index contributed by atoms with van der Waals surface area (Å²) >= 11 is 1.97. The van der Waals surface area contributed by atoms with Crippen LogP contribution in [0.3, 0.4) is 0 Å². The second-order valence-corrected chi connectivity index (χ2v) is 9.17. The van der Waals surface area contributed by atoms with Crippen molar-refractivity contribution in [2.75, 3.05) is 38.7 Å². The molecule has 1 saturated heterocycles. The van der Waals surface area contributed by atoms with E-state index in [0.717, 1.165) is 34.7 Å². The molecule has 15 heteroatoms. The van der Waals surface area contributed by atoms with Crippen molar-refractivity contribution in [1.29, 1.82) is 0 Å².